The Kier molecular flexibility index (Phi) is 4.52. The number of carboxylic acids is 1. The van der Waals surface area contributed by atoms with Gasteiger partial charge >= 0.3 is 0 Å². The van der Waals surface area contributed by atoms with E-state index in [1.807, 2.05) is 24.3 Å². The topological polar surface area (TPSA) is 62.2 Å². The van der Waals surface area contributed by atoms with Gasteiger partial charge in [-0.1, -0.05) is 19.1 Å². The second-order valence-corrected chi connectivity index (χ2v) is 4.93. The molecule has 19 heavy (non-hydrogen) atoms. The molecule has 0 aliphatic rings. The zero-order valence-corrected chi connectivity index (χ0v) is 11.4. The number of nitrogens with zero attached hydrogens (tertiary/aromatic N) is 1. The normalized spacial score (nSPS) is 10.4. The molecule has 0 radical (unpaired) electrons. The fourth-order valence-corrected chi connectivity index (χ4v) is 2.42. The van der Waals surface area contributed by atoms with Gasteiger partial charge in [-0.25, -0.2) is 4.98 Å². The molecule has 0 amide bonds. The van der Waals surface area contributed by atoms with Crippen molar-refractivity contribution < 1.29 is 14.6 Å². The lowest BCUT2D eigenvalue weighted by Crippen LogP contribution is -2.24. The summed E-state index contributed by atoms with van der Waals surface area (Å²) < 4.78 is 5.56. The molecule has 0 saturated heterocycles. The Labute approximate surface area is 115 Å². The number of carbonyl (C=O) groups excluding carboxylic acids is 1. The van der Waals surface area contributed by atoms with Crippen molar-refractivity contribution in [3.63, 3.8) is 0 Å². The smallest absolute Gasteiger partial charge is 0.123 e. The number of ether oxygens (including phenoxy) is 1. The summed E-state index contributed by atoms with van der Waals surface area (Å²) in [5.74, 6) is -0.312. The molecule has 1 aromatic heterocycles. The molecule has 1 aromatic carbocycles. The van der Waals surface area contributed by atoms with Crippen LogP contribution < -0.4 is 9.84 Å². The minimum atomic E-state index is -1.11. The number of carboxylic acid groups (broad SMARTS) is 1. The number of benzene rings is 1. The van der Waals surface area contributed by atoms with Crippen molar-refractivity contribution in [2.45, 2.75) is 19.8 Å². The number of aromatic nitrogens is 1. The third-order valence-corrected chi connectivity index (χ3v) is 3.37. The van der Waals surface area contributed by atoms with Crippen molar-refractivity contribution in [3.8, 4) is 16.3 Å². The fourth-order valence-electron chi connectivity index (χ4n) is 1.61. The van der Waals surface area contributed by atoms with Crippen molar-refractivity contribution in [2.75, 3.05) is 6.61 Å². The molecule has 1 heterocycles. The largest absolute Gasteiger partial charge is 0.550 e. The molecule has 0 atom stereocenters. The highest BCUT2D eigenvalue weighted by Gasteiger charge is 2.06. The van der Waals surface area contributed by atoms with Crippen LogP contribution in [0.5, 0.6) is 5.75 Å². The molecule has 0 saturated carbocycles. The summed E-state index contributed by atoms with van der Waals surface area (Å²) in [5, 5.41) is 13.1. The summed E-state index contributed by atoms with van der Waals surface area (Å²) in [6, 6.07) is 7.65. The van der Waals surface area contributed by atoms with Crippen molar-refractivity contribution in [3.05, 3.63) is 35.3 Å². The molecule has 0 spiro atoms. The fraction of sp³-hybridized carbons (Fsp3) is 0.286. The molecular weight excluding hydrogens is 262 g/mol. The zero-order chi connectivity index (χ0) is 13.7. The predicted molar refractivity (Wildman–Crippen MR) is 72.0 cm³/mol. The quantitative estimate of drug-likeness (QED) is 0.808. The van der Waals surface area contributed by atoms with E-state index in [4.69, 9.17) is 4.74 Å². The number of hydrogen-bond acceptors (Lipinski definition) is 5. The summed E-state index contributed by atoms with van der Waals surface area (Å²) in [6.07, 6.45) is 0.805. The van der Waals surface area contributed by atoms with E-state index in [2.05, 4.69) is 11.9 Å². The van der Waals surface area contributed by atoms with E-state index in [1.165, 1.54) is 11.3 Å². The van der Waals surface area contributed by atoms with Gasteiger partial charge in [0.15, 0.2) is 0 Å². The van der Waals surface area contributed by atoms with Crippen LogP contribution in [0.4, 0.5) is 0 Å². The first kappa shape index (κ1) is 13.5. The lowest BCUT2D eigenvalue weighted by Gasteiger charge is -2.05. The average Bonchev–Trinajstić information content (AvgIpc) is 2.84. The maximum absolute atomic E-state index is 10.5. The maximum Gasteiger partial charge on any atom is 0.123 e. The van der Waals surface area contributed by atoms with Gasteiger partial charge in [0.25, 0.3) is 0 Å². The molecular formula is C14H14NO3S-. The first-order chi connectivity index (χ1) is 9.19. The van der Waals surface area contributed by atoms with Gasteiger partial charge in [0.2, 0.25) is 0 Å². The Bertz CT molecular complexity index is 565. The van der Waals surface area contributed by atoms with E-state index in [-0.39, 0.29) is 6.42 Å². The van der Waals surface area contributed by atoms with Crippen LogP contribution in [0.1, 0.15) is 19.0 Å². The monoisotopic (exact) mass is 276 g/mol. The van der Waals surface area contributed by atoms with Crippen LogP contribution in [0.25, 0.3) is 10.6 Å². The molecule has 0 aliphatic carbocycles. The standard InChI is InChI=1S/C14H15NO3S/c1-2-6-18-12-5-3-4-10(7-12)14-15-11(9-19-14)8-13(16)17/h3-5,7,9H,2,6,8H2,1H3,(H,16,17)/p-1. The third kappa shape index (κ3) is 3.79. The molecule has 4 nitrogen and oxygen atoms in total. The van der Waals surface area contributed by atoms with Crippen LogP contribution >= 0.6 is 11.3 Å². The van der Waals surface area contributed by atoms with Crippen LogP contribution in [0.2, 0.25) is 0 Å². The molecule has 5 heteroatoms. The van der Waals surface area contributed by atoms with Crippen LogP contribution in [0, 0.1) is 0 Å². The van der Waals surface area contributed by atoms with Gasteiger partial charge < -0.3 is 14.6 Å². The van der Waals surface area contributed by atoms with E-state index in [1.54, 1.807) is 5.38 Å². The van der Waals surface area contributed by atoms with Crippen LogP contribution in [-0.4, -0.2) is 17.6 Å². The lowest BCUT2D eigenvalue weighted by atomic mass is 10.2. The summed E-state index contributed by atoms with van der Waals surface area (Å²) in [7, 11) is 0. The van der Waals surface area contributed by atoms with Crippen molar-refractivity contribution in [2.24, 2.45) is 0 Å². The zero-order valence-electron chi connectivity index (χ0n) is 10.6. The van der Waals surface area contributed by atoms with E-state index < -0.39 is 5.97 Å². The Morgan fingerprint density at radius 2 is 2.32 bits per heavy atom. The lowest BCUT2D eigenvalue weighted by molar-refractivity contribution is -0.304. The molecule has 2 aromatic rings. The van der Waals surface area contributed by atoms with Crippen molar-refractivity contribution >= 4 is 17.3 Å². The third-order valence-electron chi connectivity index (χ3n) is 2.43. The summed E-state index contributed by atoms with van der Waals surface area (Å²) in [6.45, 7) is 2.73. The second kappa shape index (κ2) is 6.33. The number of aliphatic carboxylic acids is 1. The van der Waals surface area contributed by atoms with Gasteiger partial charge in [0, 0.05) is 23.3 Å². The van der Waals surface area contributed by atoms with E-state index >= 15 is 0 Å². The first-order valence-electron chi connectivity index (χ1n) is 6.06. The first-order valence-corrected chi connectivity index (χ1v) is 6.94. The Morgan fingerprint density at radius 1 is 1.47 bits per heavy atom. The maximum atomic E-state index is 10.5. The van der Waals surface area contributed by atoms with Crippen molar-refractivity contribution in [1.82, 2.24) is 4.98 Å². The number of carbonyl (C=O) groups is 1. The molecule has 0 unspecified atom stereocenters. The van der Waals surface area contributed by atoms with Crippen LogP contribution in [-0.2, 0) is 11.2 Å². The predicted octanol–water partition coefficient (Wildman–Crippen LogP) is 1.89. The number of rotatable bonds is 6. The highest BCUT2D eigenvalue weighted by Crippen LogP contribution is 2.27. The summed E-state index contributed by atoms with van der Waals surface area (Å²) >= 11 is 1.42. The number of hydrogen-bond donors (Lipinski definition) is 0. The van der Waals surface area contributed by atoms with Gasteiger partial charge in [-0.15, -0.1) is 11.3 Å². The van der Waals surface area contributed by atoms with E-state index in [0.717, 1.165) is 22.7 Å². The second-order valence-electron chi connectivity index (χ2n) is 4.07. The molecule has 0 bridgehead atoms. The minimum Gasteiger partial charge on any atom is -0.550 e. The van der Waals surface area contributed by atoms with Gasteiger partial charge in [0.1, 0.15) is 10.8 Å². The van der Waals surface area contributed by atoms with Crippen LogP contribution in [0.3, 0.4) is 0 Å². The van der Waals surface area contributed by atoms with Crippen LogP contribution in [0.15, 0.2) is 29.6 Å². The Hall–Kier alpha value is -1.88. The van der Waals surface area contributed by atoms with E-state index in [9.17, 15) is 9.90 Å². The van der Waals surface area contributed by atoms with Crippen molar-refractivity contribution in [1.29, 1.82) is 0 Å². The molecule has 0 fully saturated rings. The Morgan fingerprint density at radius 3 is 3.05 bits per heavy atom. The average molecular weight is 276 g/mol. The molecule has 100 valence electrons. The molecule has 0 aliphatic heterocycles. The highest BCUT2D eigenvalue weighted by molar-refractivity contribution is 7.13. The SMILES string of the molecule is CCCOc1cccc(-c2nc(CC(=O)[O-])cs2)c1. The van der Waals surface area contributed by atoms with E-state index in [0.29, 0.717) is 12.3 Å². The van der Waals surface area contributed by atoms with Gasteiger partial charge in [-0.05, 0) is 18.6 Å². The Balaban J connectivity index is 2.16. The summed E-state index contributed by atoms with van der Waals surface area (Å²) in [5.41, 5.74) is 1.46. The highest BCUT2D eigenvalue weighted by atomic mass is 32.1. The van der Waals surface area contributed by atoms with Gasteiger partial charge in [-0.2, -0.15) is 0 Å². The molecule has 2 rings (SSSR count). The summed E-state index contributed by atoms with van der Waals surface area (Å²) in [4.78, 5) is 14.8. The van der Waals surface area contributed by atoms with Gasteiger partial charge in [0.05, 0.1) is 12.3 Å². The number of thiazole rings is 1. The molecule has 0 N–H and O–H groups in total. The minimum absolute atomic E-state index is 0.150. The van der Waals surface area contributed by atoms with Gasteiger partial charge in [-0.3, -0.25) is 0 Å².